The van der Waals surface area contributed by atoms with Crippen molar-refractivity contribution >= 4 is 23.3 Å². The molecule has 0 bridgehead atoms. The second-order valence-corrected chi connectivity index (χ2v) is 4.08. The van der Waals surface area contributed by atoms with Crippen molar-refractivity contribution in [2.24, 2.45) is 0 Å². The minimum Gasteiger partial charge on any atom is -0.478 e. The maximum Gasteiger partial charge on any atom is 0.335 e. The predicted molar refractivity (Wildman–Crippen MR) is 72.2 cm³/mol. The second kappa shape index (κ2) is 5.40. The van der Waals surface area contributed by atoms with Crippen LogP contribution < -0.4 is 11.1 Å². The first-order valence-corrected chi connectivity index (χ1v) is 5.67. The minimum atomic E-state index is -1.24. The van der Waals surface area contributed by atoms with Crippen molar-refractivity contribution in [2.45, 2.75) is 0 Å². The summed E-state index contributed by atoms with van der Waals surface area (Å²) in [5.41, 5.74) is 5.97. The largest absolute Gasteiger partial charge is 0.478 e. The number of halogens is 1. The standard InChI is InChI=1S/C14H11FN2O3/c15-11-7-9(14(19)20)4-5-12(11)17-13(18)8-2-1-3-10(16)6-8/h1-7H,16H2,(H,17,18)(H,19,20). The highest BCUT2D eigenvalue weighted by molar-refractivity contribution is 6.05. The summed E-state index contributed by atoms with van der Waals surface area (Å²) in [5, 5.41) is 11.1. The van der Waals surface area contributed by atoms with Gasteiger partial charge in [0.2, 0.25) is 0 Å². The zero-order chi connectivity index (χ0) is 14.7. The number of hydrogen-bond acceptors (Lipinski definition) is 3. The van der Waals surface area contributed by atoms with Crippen LogP contribution in [0.3, 0.4) is 0 Å². The zero-order valence-electron chi connectivity index (χ0n) is 10.3. The SMILES string of the molecule is Nc1cccc(C(=O)Nc2ccc(C(=O)O)cc2F)c1. The van der Waals surface area contributed by atoms with Crippen LogP contribution in [-0.4, -0.2) is 17.0 Å². The Labute approximate surface area is 113 Å². The number of aromatic carboxylic acids is 1. The lowest BCUT2D eigenvalue weighted by Gasteiger charge is -2.07. The fourth-order valence-electron chi connectivity index (χ4n) is 1.62. The van der Waals surface area contributed by atoms with Crippen LogP contribution in [0.25, 0.3) is 0 Å². The van der Waals surface area contributed by atoms with E-state index < -0.39 is 17.7 Å². The number of hydrogen-bond donors (Lipinski definition) is 3. The molecule has 0 aromatic heterocycles. The highest BCUT2D eigenvalue weighted by Gasteiger charge is 2.12. The molecule has 20 heavy (non-hydrogen) atoms. The summed E-state index contributed by atoms with van der Waals surface area (Å²) in [7, 11) is 0. The monoisotopic (exact) mass is 274 g/mol. The first kappa shape index (κ1) is 13.5. The number of carboxylic acid groups (broad SMARTS) is 1. The number of nitrogen functional groups attached to an aromatic ring is 1. The van der Waals surface area contributed by atoms with Gasteiger partial charge in [-0.3, -0.25) is 4.79 Å². The molecule has 1 amide bonds. The lowest BCUT2D eigenvalue weighted by Crippen LogP contribution is -2.13. The number of anilines is 2. The minimum absolute atomic E-state index is 0.0950. The van der Waals surface area contributed by atoms with Crippen LogP contribution in [0, 0.1) is 5.82 Å². The van der Waals surface area contributed by atoms with E-state index >= 15 is 0 Å². The molecule has 2 aromatic carbocycles. The average molecular weight is 274 g/mol. The fourth-order valence-corrected chi connectivity index (χ4v) is 1.62. The molecule has 2 rings (SSSR count). The number of benzene rings is 2. The molecule has 6 heteroatoms. The molecule has 0 saturated heterocycles. The summed E-state index contributed by atoms with van der Waals surface area (Å²) in [6.45, 7) is 0. The Morgan fingerprint density at radius 1 is 1.10 bits per heavy atom. The van der Waals surface area contributed by atoms with E-state index in [1.165, 1.54) is 24.3 Å². The molecule has 5 nitrogen and oxygen atoms in total. The first-order chi connectivity index (χ1) is 9.47. The lowest BCUT2D eigenvalue weighted by molar-refractivity contribution is 0.0696. The third-order valence-electron chi connectivity index (χ3n) is 2.61. The van der Waals surface area contributed by atoms with Crippen LogP contribution in [0.1, 0.15) is 20.7 Å². The highest BCUT2D eigenvalue weighted by atomic mass is 19.1. The summed E-state index contributed by atoms with van der Waals surface area (Å²) in [4.78, 5) is 22.6. The van der Waals surface area contributed by atoms with Crippen molar-refractivity contribution in [1.82, 2.24) is 0 Å². The summed E-state index contributed by atoms with van der Waals surface area (Å²) in [6, 6.07) is 9.47. The average Bonchev–Trinajstić information content (AvgIpc) is 2.40. The van der Waals surface area contributed by atoms with Crippen LogP contribution in [-0.2, 0) is 0 Å². The number of carboxylic acids is 1. The Morgan fingerprint density at radius 3 is 2.45 bits per heavy atom. The number of nitrogens with one attached hydrogen (secondary N) is 1. The second-order valence-electron chi connectivity index (χ2n) is 4.08. The first-order valence-electron chi connectivity index (χ1n) is 5.67. The van der Waals surface area contributed by atoms with E-state index in [0.717, 1.165) is 6.07 Å². The van der Waals surface area contributed by atoms with E-state index in [9.17, 15) is 14.0 Å². The van der Waals surface area contributed by atoms with E-state index in [-0.39, 0.29) is 16.8 Å². The molecule has 4 N–H and O–H groups in total. The van der Waals surface area contributed by atoms with Crippen molar-refractivity contribution in [1.29, 1.82) is 0 Å². The van der Waals surface area contributed by atoms with Gasteiger partial charge >= 0.3 is 5.97 Å². The Balaban J connectivity index is 2.22. The zero-order valence-corrected chi connectivity index (χ0v) is 10.3. The topological polar surface area (TPSA) is 92.4 Å². The molecule has 0 spiro atoms. The van der Waals surface area contributed by atoms with Gasteiger partial charge in [0.25, 0.3) is 5.91 Å². The molecular formula is C14H11FN2O3. The highest BCUT2D eigenvalue weighted by Crippen LogP contribution is 2.17. The molecule has 0 heterocycles. The molecule has 0 aliphatic heterocycles. The smallest absolute Gasteiger partial charge is 0.335 e. The molecule has 0 aliphatic carbocycles. The molecule has 0 radical (unpaired) electrons. The van der Waals surface area contributed by atoms with Crippen molar-refractivity contribution in [3.63, 3.8) is 0 Å². The van der Waals surface area contributed by atoms with Crippen molar-refractivity contribution < 1.29 is 19.1 Å². The van der Waals surface area contributed by atoms with Crippen molar-refractivity contribution in [2.75, 3.05) is 11.1 Å². The number of carbonyl (C=O) groups excluding carboxylic acids is 1. The Bertz CT molecular complexity index is 686. The van der Waals surface area contributed by atoms with Gasteiger partial charge in [0, 0.05) is 11.3 Å². The number of rotatable bonds is 3. The van der Waals surface area contributed by atoms with Crippen LogP contribution in [0.4, 0.5) is 15.8 Å². The van der Waals surface area contributed by atoms with Gasteiger partial charge in [-0.1, -0.05) is 6.07 Å². The van der Waals surface area contributed by atoms with E-state index in [1.54, 1.807) is 12.1 Å². The van der Waals surface area contributed by atoms with Crippen LogP contribution >= 0.6 is 0 Å². The van der Waals surface area contributed by atoms with Crippen LogP contribution in [0.15, 0.2) is 42.5 Å². The molecule has 0 unspecified atom stereocenters. The van der Waals surface area contributed by atoms with Crippen LogP contribution in [0.2, 0.25) is 0 Å². The number of carbonyl (C=O) groups is 2. The maximum absolute atomic E-state index is 13.7. The van der Waals surface area contributed by atoms with Crippen molar-refractivity contribution in [3.8, 4) is 0 Å². The number of amides is 1. The third kappa shape index (κ3) is 2.92. The Hall–Kier alpha value is -2.89. The molecule has 0 fully saturated rings. The summed E-state index contributed by atoms with van der Waals surface area (Å²) in [5.74, 6) is -2.58. The molecule has 102 valence electrons. The number of nitrogens with two attached hydrogens (primary N) is 1. The predicted octanol–water partition coefficient (Wildman–Crippen LogP) is 2.36. The summed E-state index contributed by atoms with van der Waals surface area (Å²) in [6.07, 6.45) is 0. The van der Waals surface area contributed by atoms with Gasteiger partial charge in [-0.15, -0.1) is 0 Å². The van der Waals surface area contributed by atoms with Gasteiger partial charge in [0.15, 0.2) is 0 Å². The Morgan fingerprint density at radius 2 is 1.85 bits per heavy atom. The molecule has 2 aromatic rings. The Kier molecular flexibility index (Phi) is 3.65. The summed E-state index contributed by atoms with van der Waals surface area (Å²) >= 11 is 0. The van der Waals surface area contributed by atoms with Gasteiger partial charge in [-0.25, -0.2) is 9.18 Å². The van der Waals surface area contributed by atoms with E-state index in [0.29, 0.717) is 5.69 Å². The quantitative estimate of drug-likeness (QED) is 0.749. The van der Waals surface area contributed by atoms with Crippen molar-refractivity contribution in [3.05, 3.63) is 59.4 Å². The summed E-state index contributed by atoms with van der Waals surface area (Å²) < 4.78 is 13.7. The van der Waals surface area contributed by atoms with Gasteiger partial charge in [-0.05, 0) is 36.4 Å². The molecule has 0 saturated carbocycles. The van der Waals surface area contributed by atoms with E-state index in [2.05, 4.69) is 5.32 Å². The molecular weight excluding hydrogens is 263 g/mol. The third-order valence-corrected chi connectivity index (χ3v) is 2.61. The van der Waals surface area contributed by atoms with Gasteiger partial charge in [-0.2, -0.15) is 0 Å². The lowest BCUT2D eigenvalue weighted by atomic mass is 10.1. The van der Waals surface area contributed by atoms with Gasteiger partial charge < -0.3 is 16.2 Å². The molecule has 0 aliphatic rings. The molecule has 0 atom stereocenters. The van der Waals surface area contributed by atoms with E-state index in [4.69, 9.17) is 10.8 Å². The fraction of sp³-hybridized carbons (Fsp3) is 0. The normalized spacial score (nSPS) is 10.1. The van der Waals surface area contributed by atoms with Crippen LogP contribution in [0.5, 0.6) is 0 Å². The maximum atomic E-state index is 13.7. The van der Waals surface area contributed by atoms with E-state index in [1.807, 2.05) is 0 Å². The van der Waals surface area contributed by atoms with Gasteiger partial charge in [0.05, 0.1) is 11.3 Å². The van der Waals surface area contributed by atoms with Gasteiger partial charge in [0.1, 0.15) is 5.82 Å².